The Morgan fingerprint density at radius 1 is 1.10 bits per heavy atom. The molecule has 2 N–H and O–H groups in total. The molecular formula is C16H16ClFN2S. The molecule has 0 amide bonds. The topological polar surface area (TPSA) is 24.1 Å². The molecule has 0 aliphatic rings. The number of hydrogen-bond donors (Lipinski definition) is 2. The first-order valence-electron chi connectivity index (χ1n) is 6.58. The lowest BCUT2D eigenvalue weighted by atomic mass is 10.0. The zero-order valence-corrected chi connectivity index (χ0v) is 13.4. The van der Waals surface area contributed by atoms with Gasteiger partial charge >= 0.3 is 0 Å². The summed E-state index contributed by atoms with van der Waals surface area (Å²) >= 11 is 10.9. The summed E-state index contributed by atoms with van der Waals surface area (Å²) in [5.41, 5.74) is 2.39. The molecule has 2 rings (SSSR count). The molecule has 0 bridgehead atoms. The van der Waals surface area contributed by atoms with Crippen molar-refractivity contribution in [2.24, 2.45) is 0 Å². The standard InChI is InChI=1S/C16H16ClFN2S/c1-10(2)11-3-6-13(7-4-11)19-16(21)20-15-8-5-12(17)9-14(15)18/h3-10H,1-2H3,(H2,19,20,21). The maximum Gasteiger partial charge on any atom is 0.175 e. The molecule has 0 atom stereocenters. The van der Waals surface area contributed by atoms with E-state index in [1.165, 1.54) is 11.6 Å². The summed E-state index contributed by atoms with van der Waals surface area (Å²) in [6, 6.07) is 12.4. The SMILES string of the molecule is CC(C)c1ccc(NC(=S)Nc2ccc(Cl)cc2F)cc1. The highest BCUT2D eigenvalue weighted by atomic mass is 35.5. The van der Waals surface area contributed by atoms with Gasteiger partial charge in [0.1, 0.15) is 5.82 Å². The van der Waals surface area contributed by atoms with Crippen molar-refractivity contribution in [3.05, 3.63) is 58.9 Å². The molecule has 2 aromatic rings. The molecule has 0 saturated carbocycles. The fraction of sp³-hybridized carbons (Fsp3) is 0.188. The van der Waals surface area contributed by atoms with Crippen LogP contribution in [0.5, 0.6) is 0 Å². The van der Waals surface area contributed by atoms with Gasteiger partial charge in [0.15, 0.2) is 5.11 Å². The first-order chi connectivity index (χ1) is 9.95. The largest absolute Gasteiger partial charge is 0.332 e. The Morgan fingerprint density at radius 2 is 1.76 bits per heavy atom. The summed E-state index contributed by atoms with van der Waals surface area (Å²) in [5, 5.41) is 6.50. The zero-order valence-electron chi connectivity index (χ0n) is 11.8. The van der Waals surface area contributed by atoms with E-state index in [1.807, 2.05) is 24.3 Å². The highest BCUT2D eigenvalue weighted by Crippen LogP contribution is 2.20. The number of hydrogen-bond acceptors (Lipinski definition) is 1. The average molecular weight is 323 g/mol. The monoisotopic (exact) mass is 322 g/mol. The van der Waals surface area contributed by atoms with Gasteiger partial charge in [0, 0.05) is 10.7 Å². The molecule has 0 unspecified atom stereocenters. The Labute approximate surface area is 134 Å². The number of halogens is 2. The van der Waals surface area contributed by atoms with Gasteiger partial charge in [0.25, 0.3) is 0 Å². The first kappa shape index (κ1) is 15.7. The van der Waals surface area contributed by atoms with Gasteiger partial charge in [-0.15, -0.1) is 0 Å². The van der Waals surface area contributed by atoms with Crippen LogP contribution >= 0.6 is 23.8 Å². The third kappa shape index (κ3) is 4.41. The van der Waals surface area contributed by atoms with Crippen LogP contribution in [-0.2, 0) is 0 Å². The van der Waals surface area contributed by atoms with E-state index in [0.717, 1.165) is 5.69 Å². The molecular weight excluding hydrogens is 307 g/mol. The van der Waals surface area contributed by atoms with Crippen molar-refractivity contribution in [3.63, 3.8) is 0 Å². The van der Waals surface area contributed by atoms with Crippen molar-refractivity contribution in [1.29, 1.82) is 0 Å². The third-order valence-corrected chi connectivity index (χ3v) is 3.45. The summed E-state index contributed by atoms with van der Waals surface area (Å²) in [6.07, 6.45) is 0. The maximum atomic E-state index is 13.7. The molecule has 0 heterocycles. The number of thiocarbonyl (C=S) groups is 1. The number of anilines is 2. The molecule has 110 valence electrons. The van der Waals surface area contributed by atoms with Gasteiger partial charge in [-0.25, -0.2) is 4.39 Å². The summed E-state index contributed by atoms with van der Waals surface area (Å²) in [4.78, 5) is 0. The minimum absolute atomic E-state index is 0.288. The van der Waals surface area contributed by atoms with Gasteiger partial charge < -0.3 is 10.6 Å². The number of nitrogens with one attached hydrogen (secondary N) is 2. The minimum atomic E-state index is -0.443. The minimum Gasteiger partial charge on any atom is -0.332 e. The Hall–Kier alpha value is -1.65. The molecule has 5 heteroatoms. The van der Waals surface area contributed by atoms with Crippen LogP contribution in [0.15, 0.2) is 42.5 Å². The molecule has 0 aromatic heterocycles. The normalized spacial score (nSPS) is 10.5. The summed E-state index contributed by atoms with van der Waals surface area (Å²) < 4.78 is 13.7. The first-order valence-corrected chi connectivity index (χ1v) is 7.37. The fourth-order valence-electron chi connectivity index (χ4n) is 1.83. The van der Waals surface area contributed by atoms with Crippen LogP contribution in [0.25, 0.3) is 0 Å². The van der Waals surface area contributed by atoms with E-state index in [4.69, 9.17) is 23.8 Å². The Morgan fingerprint density at radius 3 is 2.33 bits per heavy atom. The Bertz CT molecular complexity index is 641. The van der Waals surface area contributed by atoms with Crippen molar-refractivity contribution >= 4 is 40.3 Å². The lowest BCUT2D eigenvalue weighted by molar-refractivity contribution is 0.632. The molecule has 2 nitrogen and oxygen atoms in total. The van der Waals surface area contributed by atoms with Crippen molar-refractivity contribution in [2.45, 2.75) is 19.8 Å². The van der Waals surface area contributed by atoms with Crippen LogP contribution in [0.1, 0.15) is 25.3 Å². The van der Waals surface area contributed by atoms with Gasteiger partial charge in [0.2, 0.25) is 0 Å². The highest BCUT2D eigenvalue weighted by Gasteiger charge is 2.05. The summed E-state index contributed by atoms with van der Waals surface area (Å²) in [5.74, 6) is 0.0362. The summed E-state index contributed by atoms with van der Waals surface area (Å²) in [6.45, 7) is 4.27. The zero-order chi connectivity index (χ0) is 15.4. The quantitative estimate of drug-likeness (QED) is 0.739. The third-order valence-electron chi connectivity index (χ3n) is 3.01. The van der Waals surface area contributed by atoms with Crippen LogP contribution in [0.2, 0.25) is 5.02 Å². The Kier molecular flexibility index (Phi) is 5.15. The van der Waals surface area contributed by atoms with E-state index in [0.29, 0.717) is 16.1 Å². The predicted octanol–water partition coefficient (Wildman–Crippen LogP) is 5.41. The molecule has 0 aliphatic heterocycles. The van der Waals surface area contributed by atoms with Crippen molar-refractivity contribution in [1.82, 2.24) is 0 Å². The van der Waals surface area contributed by atoms with E-state index in [-0.39, 0.29) is 5.69 Å². The van der Waals surface area contributed by atoms with Crippen molar-refractivity contribution < 1.29 is 4.39 Å². The molecule has 0 spiro atoms. The van der Waals surface area contributed by atoms with Crippen LogP contribution in [0.4, 0.5) is 15.8 Å². The van der Waals surface area contributed by atoms with E-state index in [9.17, 15) is 4.39 Å². The molecule has 0 aliphatic carbocycles. The fourth-order valence-corrected chi connectivity index (χ4v) is 2.21. The highest BCUT2D eigenvalue weighted by molar-refractivity contribution is 7.80. The average Bonchev–Trinajstić information content (AvgIpc) is 2.42. The molecule has 0 radical (unpaired) electrons. The maximum absolute atomic E-state index is 13.7. The second-order valence-corrected chi connectivity index (χ2v) is 5.82. The van der Waals surface area contributed by atoms with Gasteiger partial charge in [-0.05, 0) is 54.0 Å². The van der Waals surface area contributed by atoms with Gasteiger partial charge in [0.05, 0.1) is 5.69 Å². The van der Waals surface area contributed by atoms with Crippen LogP contribution in [0.3, 0.4) is 0 Å². The van der Waals surface area contributed by atoms with Gasteiger partial charge in [-0.3, -0.25) is 0 Å². The van der Waals surface area contributed by atoms with Crippen LogP contribution in [0, 0.1) is 5.82 Å². The second-order valence-electron chi connectivity index (χ2n) is 4.98. The van der Waals surface area contributed by atoms with Crippen LogP contribution in [-0.4, -0.2) is 5.11 Å². The molecule has 0 saturated heterocycles. The number of rotatable bonds is 3. The van der Waals surface area contributed by atoms with Crippen molar-refractivity contribution in [2.75, 3.05) is 10.6 Å². The van der Waals surface area contributed by atoms with E-state index in [2.05, 4.69) is 24.5 Å². The van der Waals surface area contributed by atoms with Crippen LogP contribution < -0.4 is 10.6 Å². The van der Waals surface area contributed by atoms with Crippen molar-refractivity contribution in [3.8, 4) is 0 Å². The predicted molar refractivity (Wildman–Crippen MR) is 91.8 cm³/mol. The van der Waals surface area contributed by atoms with E-state index < -0.39 is 5.82 Å². The molecule has 21 heavy (non-hydrogen) atoms. The van der Waals surface area contributed by atoms with Gasteiger partial charge in [-0.2, -0.15) is 0 Å². The van der Waals surface area contributed by atoms with E-state index >= 15 is 0 Å². The Balaban J connectivity index is 2.01. The van der Waals surface area contributed by atoms with Gasteiger partial charge in [-0.1, -0.05) is 37.6 Å². The van der Waals surface area contributed by atoms with E-state index in [1.54, 1.807) is 12.1 Å². The lowest BCUT2D eigenvalue weighted by Gasteiger charge is -2.12. The molecule has 0 fully saturated rings. The lowest BCUT2D eigenvalue weighted by Crippen LogP contribution is -2.19. The smallest absolute Gasteiger partial charge is 0.175 e. The molecule has 2 aromatic carbocycles. The summed E-state index contributed by atoms with van der Waals surface area (Å²) in [7, 11) is 0. The second kappa shape index (κ2) is 6.87. The number of benzene rings is 2.